The van der Waals surface area contributed by atoms with Crippen molar-refractivity contribution in [3.63, 3.8) is 0 Å². The molecule has 3 nitrogen and oxygen atoms in total. The van der Waals surface area contributed by atoms with Crippen molar-refractivity contribution in [1.82, 2.24) is 5.32 Å². The Morgan fingerprint density at radius 2 is 2.00 bits per heavy atom. The highest BCUT2D eigenvalue weighted by Crippen LogP contribution is 2.12. The SMILES string of the molecule is CC(C)COCCNCC(C#N)c1ccccc1. The lowest BCUT2D eigenvalue weighted by atomic mass is 10.0. The first-order valence-corrected chi connectivity index (χ1v) is 6.47. The van der Waals surface area contributed by atoms with E-state index in [1.807, 2.05) is 30.3 Å². The first-order chi connectivity index (χ1) is 8.74. The summed E-state index contributed by atoms with van der Waals surface area (Å²) in [5.41, 5.74) is 1.07. The second-order valence-electron chi connectivity index (χ2n) is 4.77. The van der Waals surface area contributed by atoms with Crippen LogP contribution in [0.25, 0.3) is 0 Å². The maximum Gasteiger partial charge on any atom is 0.0837 e. The van der Waals surface area contributed by atoms with Crippen molar-refractivity contribution in [2.24, 2.45) is 5.92 Å². The van der Waals surface area contributed by atoms with Crippen LogP contribution < -0.4 is 5.32 Å². The first-order valence-electron chi connectivity index (χ1n) is 6.47. The molecule has 1 rings (SSSR count). The van der Waals surface area contributed by atoms with Gasteiger partial charge in [0.25, 0.3) is 0 Å². The number of hydrogen-bond acceptors (Lipinski definition) is 3. The summed E-state index contributed by atoms with van der Waals surface area (Å²) >= 11 is 0. The van der Waals surface area contributed by atoms with E-state index >= 15 is 0 Å². The Labute approximate surface area is 110 Å². The summed E-state index contributed by atoms with van der Waals surface area (Å²) in [5, 5.41) is 12.4. The molecule has 98 valence electrons. The molecule has 1 atom stereocenters. The summed E-state index contributed by atoms with van der Waals surface area (Å²) in [6.45, 7) is 7.22. The zero-order chi connectivity index (χ0) is 13.2. The van der Waals surface area contributed by atoms with Crippen molar-refractivity contribution < 1.29 is 4.74 Å². The molecule has 0 fully saturated rings. The van der Waals surface area contributed by atoms with Crippen LogP contribution in [0.15, 0.2) is 30.3 Å². The third-order valence-electron chi connectivity index (χ3n) is 2.58. The molecule has 0 amide bonds. The number of hydrogen-bond donors (Lipinski definition) is 1. The molecule has 0 aromatic heterocycles. The Bertz CT molecular complexity index is 357. The summed E-state index contributed by atoms with van der Waals surface area (Å²) in [5.74, 6) is 0.484. The Balaban J connectivity index is 2.20. The minimum absolute atomic E-state index is 0.0868. The van der Waals surface area contributed by atoms with E-state index in [-0.39, 0.29) is 5.92 Å². The van der Waals surface area contributed by atoms with Gasteiger partial charge in [0.05, 0.1) is 18.6 Å². The normalized spacial score (nSPS) is 12.3. The van der Waals surface area contributed by atoms with Crippen molar-refractivity contribution in [2.75, 3.05) is 26.3 Å². The molecule has 0 heterocycles. The molecule has 1 aromatic rings. The van der Waals surface area contributed by atoms with Gasteiger partial charge in [0, 0.05) is 19.7 Å². The number of rotatable bonds is 8. The Morgan fingerprint density at radius 3 is 2.61 bits per heavy atom. The Morgan fingerprint density at radius 1 is 1.28 bits per heavy atom. The van der Waals surface area contributed by atoms with Gasteiger partial charge in [-0.2, -0.15) is 5.26 Å². The van der Waals surface area contributed by atoms with Crippen molar-refractivity contribution in [2.45, 2.75) is 19.8 Å². The molecule has 1 aromatic carbocycles. The van der Waals surface area contributed by atoms with Gasteiger partial charge in [0.2, 0.25) is 0 Å². The predicted octanol–water partition coefficient (Wildman–Crippen LogP) is 2.56. The van der Waals surface area contributed by atoms with Crippen molar-refractivity contribution >= 4 is 0 Å². The van der Waals surface area contributed by atoms with Gasteiger partial charge in [-0.3, -0.25) is 0 Å². The van der Waals surface area contributed by atoms with E-state index in [1.54, 1.807) is 0 Å². The largest absolute Gasteiger partial charge is 0.380 e. The van der Waals surface area contributed by atoms with Gasteiger partial charge >= 0.3 is 0 Å². The first kappa shape index (κ1) is 14.7. The fraction of sp³-hybridized carbons (Fsp3) is 0.533. The van der Waals surface area contributed by atoms with Gasteiger partial charge in [0.1, 0.15) is 0 Å². The monoisotopic (exact) mass is 246 g/mol. The molecule has 0 saturated carbocycles. The fourth-order valence-electron chi connectivity index (χ4n) is 1.63. The fourth-order valence-corrected chi connectivity index (χ4v) is 1.63. The van der Waals surface area contributed by atoms with E-state index in [9.17, 15) is 0 Å². The molecular weight excluding hydrogens is 224 g/mol. The highest BCUT2D eigenvalue weighted by Gasteiger charge is 2.08. The Hall–Kier alpha value is -1.37. The zero-order valence-corrected chi connectivity index (χ0v) is 11.2. The van der Waals surface area contributed by atoms with Crippen LogP contribution in [-0.2, 0) is 4.74 Å². The van der Waals surface area contributed by atoms with Crippen LogP contribution in [0, 0.1) is 17.2 Å². The quantitative estimate of drug-likeness (QED) is 0.717. The molecule has 18 heavy (non-hydrogen) atoms. The average Bonchev–Trinajstić information content (AvgIpc) is 2.38. The highest BCUT2D eigenvalue weighted by molar-refractivity contribution is 5.24. The second-order valence-corrected chi connectivity index (χ2v) is 4.77. The molecule has 0 aliphatic carbocycles. The van der Waals surface area contributed by atoms with Gasteiger partial charge in [0.15, 0.2) is 0 Å². The van der Waals surface area contributed by atoms with Gasteiger partial charge in [-0.15, -0.1) is 0 Å². The van der Waals surface area contributed by atoms with E-state index in [1.165, 1.54) is 0 Å². The molecule has 1 unspecified atom stereocenters. The summed E-state index contributed by atoms with van der Waals surface area (Å²) in [6, 6.07) is 12.2. The maximum atomic E-state index is 9.13. The summed E-state index contributed by atoms with van der Waals surface area (Å²) < 4.78 is 5.47. The Kier molecular flexibility index (Phi) is 7.09. The minimum atomic E-state index is -0.0868. The number of ether oxygens (including phenoxy) is 1. The molecule has 0 spiro atoms. The van der Waals surface area contributed by atoms with Crippen molar-refractivity contribution in [3.8, 4) is 6.07 Å². The van der Waals surface area contributed by atoms with Crippen LogP contribution >= 0.6 is 0 Å². The van der Waals surface area contributed by atoms with Crippen LogP contribution in [0.2, 0.25) is 0 Å². The topological polar surface area (TPSA) is 45.0 Å². The molecule has 0 radical (unpaired) electrons. The third kappa shape index (κ3) is 5.81. The third-order valence-corrected chi connectivity index (χ3v) is 2.58. The van der Waals surface area contributed by atoms with E-state index in [2.05, 4.69) is 25.2 Å². The molecule has 1 N–H and O–H groups in total. The number of nitrogens with one attached hydrogen (secondary N) is 1. The van der Waals surface area contributed by atoms with Gasteiger partial charge in [-0.05, 0) is 11.5 Å². The zero-order valence-electron chi connectivity index (χ0n) is 11.2. The molecule has 0 saturated heterocycles. The highest BCUT2D eigenvalue weighted by atomic mass is 16.5. The van der Waals surface area contributed by atoms with Gasteiger partial charge in [-0.1, -0.05) is 44.2 Å². The van der Waals surface area contributed by atoms with E-state index in [0.717, 1.165) is 18.7 Å². The van der Waals surface area contributed by atoms with Gasteiger partial charge in [-0.25, -0.2) is 0 Å². The lowest BCUT2D eigenvalue weighted by Crippen LogP contribution is -2.25. The maximum absolute atomic E-state index is 9.13. The molecule has 0 bridgehead atoms. The smallest absolute Gasteiger partial charge is 0.0837 e. The van der Waals surface area contributed by atoms with Crippen LogP contribution in [0.4, 0.5) is 0 Å². The summed E-state index contributed by atoms with van der Waals surface area (Å²) in [4.78, 5) is 0. The van der Waals surface area contributed by atoms with Crippen LogP contribution in [0.3, 0.4) is 0 Å². The number of benzene rings is 1. The predicted molar refractivity (Wildman–Crippen MR) is 73.3 cm³/mol. The molecule has 0 aliphatic rings. The lowest BCUT2D eigenvalue weighted by Gasteiger charge is -2.11. The van der Waals surface area contributed by atoms with Crippen LogP contribution in [-0.4, -0.2) is 26.3 Å². The van der Waals surface area contributed by atoms with E-state index in [4.69, 9.17) is 10.00 Å². The van der Waals surface area contributed by atoms with Crippen molar-refractivity contribution in [3.05, 3.63) is 35.9 Å². The van der Waals surface area contributed by atoms with Crippen molar-refractivity contribution in [1.29, 1.82) is 5.26 Å². The average molecular weight is 246 g/mol. The van der Waals surface area contributed by atoms with Crippen LogP contribution in [0.5, 0.6) is 0 Å². The minimum Gasteiger partial charge on any atom is -0.380 e. The molecule has 0 aliphatic heterocycles. The molecule has 3 heteroatoms. The standard InChI is InChI=1S/C15H22N2O/c1-13(2)12-18-9-8-17-11-15(10-16)14-6-4-3-5-7-14/h3-7,13,15,17H,8-9,11-12H2,1-2H3. The molecular formula is C15H22N2O. The lowest BCUT2D eigenvalue weighted by molar-refractivity contribution is 0.112. The van der Waals surface area contributed by atoms with Gasteiger partial charge < -0.3 is 10.1 Å². The van der Waals surface area contributed by atoms with E-state index < -0.39 is 0 Å². The van der Waals surface area contributed by atoms with Crippen LogP contribution in [0.1, 0.15) is 25.3 Å². The number of nitrogens with zero attached hydrogens (tertiary/aromatic N) is 1. The second kappa shape index (κ2) is 8.68. The van der Waals surface area contributed by atoms with E-state index in [0.29, 0.717) is 19.1 Å². The summed E-state index contributed by atoms with van der Waals surface area (Å²) in [7, 11) is 0. The summed E-state index contributed by atoms with van der Waals surface area (Å²) in [6.07, 6.45) is 0. The number of nitriles is 1.